The van der Waals surface area contributed by atoms with Crippen LogP contribution in [0.5, 0.6) is 0 Å². The molecule has 0 saturated carbocycles. The van der Waals surface area contributed by atoms with E-state index >= 15 is 0 Å². The highest BCUT2D eigenvalue weighted by Crippen LogP contribution is 2.18. The van der Waals surface area contributed by atoms with E-state index in [4.69, 9.17) is 4.74 Å². The van der Waals surface area contributed by atoms with Gasteiger partial charge in [0.05, 0.1) is 22.8 Å². The number of nitrogens with zero attached hydrogens (tertiary/aromatic N) is 1. The molecule has 3 aromatic rings. The fourth-order valence-corrected chi connectivity index (χ4v) is 3.62. The maximum atomic E-state index is 12.4. The number of aromatic amines is 1. The molecule has 0 bridgehead atoms. The number of nitrogens with one attached hydrogen (secondary N) is 1. The summed E-state index contributed by atoms with van der Waals surface area (Å²) in [5.74, 6) is 0.444. The Balaban J connectivity index is 1.49. The largest absolute Gasteiger partial charge is 0.465 e. The molecule has 0 saturated heterocycles. The number of fused-ring (bicyclic) bond motifs is 1. The molecule has 0 fully saturated rings. The van der Waals surface area contributed by atoms with Gasteiger partial charge >= 0.3 is 11.7 Å². The van der Waals surface area contributed by atoms with Gasteiger partial charge < -0.3 is 9.72 Å². The Morgan fingerprint density at radius 1 is 1.11 bits per heavy atom. The minimum absolute atomic E-state index is 0.160. The molecule has 7 heteroatoms. The van der Waals surface area contributed by atoms with E-state index in [9.17, 15) is 14.4 Å². The first kappa shape index (κ1) is 19.9. The van der Waals surface area contributed by atoms with Gasteiger partial charge in [0.2, 0.25) is 0 Å². The lowest BCUT2D eigenvalue weighted by Gasteiger charge is -2.12. The van der Waals surface area contributed by atoms with Gasteiger partial charge in [0, 0.05) is 12.3 Å². The monoisotopic (exact) mass is 398 g/mol. The van der Waals surface area contributed by atoms with Gasteiger partial charge in [0.25, 0.3) is 5.56 Å². The number of carbonyl (C=O) groups is 1. The Kier molecular flexibility index (Phi) is 6.71. The van der Waals surface area contributed by atoms with Crippen molar-refractivity contribution < 1.29 is 9.53 Å². The molecule has 2 aromatic carbocycles. The van der Waals surface area contributed by atoms with Crippen LogP contribution >= 0.6 is 11.8 Å². The molecule has 28 heavy (non-hydrogen) atoms. The maximum absolute atomic E-state index is 12.4. The van der Waals surface area contributed by atoms with Gasteiger partial charge in [-0.1, -0.05) is 42.5 Å². The van der Waals surface area contributed by atoms with Crippen molar-refractivity contribution in [2.24, 2.45) is 0 Å². The summed E-state index contributed by atoms with van der Waals surface area (Å²) in [5, 5.41) is 0.178. The highest BCUT2D eigenvalue weighted by Gasteiger charge is 2.15. The van der Waals surface area contributed by atoms with Crippen molar-refractivity contribution >= 4 is 28.6 Å². The first-order chi connectivity index (χ1) is 13.6. The molecule has 3 rings (SSSR count). The van der Waals surface area contributed by atoms with Gasteiger partial charge in [-0.2, -0.15) is 0 Å². The molecule has 0 aliphatic carbocycles. The van der Waals surface area contributed by atoms with Crippen molar-refractivity contribution in [1.82, 2.24) is 9.55 Å². The minimum Gasteiger partial charge on any atom is -0.465 e. The average molecular weight is 398 g/mol. The lowest BCUT2D eigenvalue weighted by atomic mass is 10.2. The molecule has 1 heterocycles. The third kappa shape index (κ3) is 4.92. The summed E-state index contributed by atoms with van der Waals surface area (Å²) >= 11 is 1.51. The Bertz CT molecular complexity index is 1060. The number of H-pyrrole nitrogens is 1. The lowest BCUT2D eigenvalue weighted by Crippen LogP contribution is -2.35. The summed E-state index contributed by atoms with van der Waals surface area (Å²) in [6.45, 7) is 2.17. The molecule has 146 valence electrons. The van der Waals surface area contributed by atoms with Crippen LogP contribution in [0.25, 0.3) is 10.9 Å². The summed E-state index contributed by atoms with van der Waals surface area (Å²) in [5.41, 5.74) is 0.880. The smallest absolute Gasteiger partial charge is 0.328 e. The second-order valence-corrected chi connectivity index (χ2v) is 7.72. The molecule has 0 aliphatic heterocycles. The van der Waals surface area contributed by atoms with Crippen LogP contribution in [0.4, 0.5) is 0 Å². The first-order valence-corrected chi connectivity index (χ1v) is 10.1. The molecule has 6 nitrogen and oxygen atoms in total. The zero-order chi connectivity index (χ0) is 19.9. The molecule has 1 N–H and O–H groups in total. The molecular weight excluding hydrogens is 376 g/mol. The molecular formula is C21H22N2O4S. The molecule has 0 amide bonds. The molecule has 0 spiro atoms. The standard InChI is InChI=1S/C21H22N2O4S/c1-15(28-14-16-8-3-2-4-9-16)20(25)27-13-7-12-23-19(24)17-10-5-6-11-18(17)22-21(23)26/h2-6,8-11,15H,7,12-14H2,1H3,(H,22,26). The van der Waals surface area contributed by atoms with E-state index < -0.39 is 5.69 Å². The van der Waals surface area contributed by atoms with E-state index in [1.165, 1.54) is 11.8 Å². The number of ether oxygens (including phenoxy) is 1. The van der Waals surface area contributed by atoms with E-state index in [0.717, 1.165) is 15.9 Å². The van der Waals surface area contributed by atoms with Crippen molar-refractivity contribution in [3.63, 3.8) is 0 Å². The summed E-state index contributed by atoms with van der Waals surface area (Å²) in [6.07, 6.45) is 0.392. The first-order valence-electron chi connectivity index (χ1n) is 9.10. The van der Waals surface area contributed by atoms with Crippen LogP contribution < -0.4 is 11.2 Å². The van der Waals surface area contributed by atoms with Crippen LogP contribution in [0.2, 0.25) is 0 Å². The van der Waals surface area contributed by atoms with Crippen LogP contribution in [-0.4, -0.2) is 27.4 Å². The number of benzene rings is 2. The fraction of sp³-hybridized carbons (Fsp3) is 0.286. The average Bonchev–Trinajstić information content (AvgIpc) is 2.72. The van der Waals surface area contributed by atoms with Crippen LogP contribution in [-0.2, 0) is 21.8 Å². The number of rotatable bonds is 8. The maximum Gasteiger partial charge on any atom is 0.328 e. The van der Waals surface area contributed by atoms with Gasteiger partial charge in [-0.3, -0.25) is 14.2 Å². The topological polar surface area (TPSA) is 81.2 Å². The van der Waals surface area contributed by atoms with Crippen molar-refractivity contribution in [2.45, 2.75) is 30.9 Å². The van der Waals surface area contributed by atoms with Gasteiger partial charge in [0.1, 0.15) is 0 Å². The molecule has 1 atom stereocenters. The zero-order valence-corrected chi connectivity index (χ0v) is 16.4. The van der Waals surface area contributed by atoms with Crippen LogP contribution in [0.1, 0.15) is 18.9 Å². The third-order valence-electron chi connectivity index (χ3n) is 4.33. The van der Waals surface area contributed by atoms with E-state index in [2.05, 4.69) is 4.98 Å². The Labute approximate surface area is 166 Å². The Morgan fingerprint density at radius 3 is 2.61 bits per heavy atom. The van der Waals surface area contributed by atoms with Gasteiger partial charge in [-0.25, -0.2) is 4.79 Å². The molecule has 1 aromatic heterocycles. The lowest BCUT2D eigenvalue weighted by molar-refractivity contribution is -0.142. The summed E-state index contributed by atoms with van der Waals surface area (Å²) in [7, 11) is 0. The van der Waals surface area contributed by atoms with Gasteiger partial charge in [-0.05, 0) is 31.0 Å². The van der Waals surface area contributed by atoms with Gasteiger partial charge in [-0.15, -0.1) is 11.8 Å². The second-order valence-electron chi connectivity index (χ2n) is 6.39. The van der Waals surface area contributed by atoms with E-state index in [0.29, 0.717) is 17.3 Å². The van der Waals surface area contributed by atoms with Crippen LogP contribution in [0.15, 0.2) is 64.2 Å². The predicted molar refractivity (Wildman–Crippen MR) is 112 cm³/mol. The second kappa shape index (κ2) is 9.41. The normalized spacial score (nSPS) is 12.0. The SMILES string of the molecule is CC(SCc1ccccc1)C(=O)OCCCn1c(=O)[nH]c2ccccc2c1=O. The number of para-hydroxylation sites is 1. The van der Waals surface area contributed by atoms with Crippen molar-refractivity contribution in [3.8, 4) is 0 Å². The number of aromatic nitrogens is 2. The summed E-state index contributed by atoms with van der Waals surface area (Å²) in [4.78, 5) is 39.3. The third-order valence-corrected chi connectivity index (χ3v) is 5.53. The van der Waals surface area contributed by atoms with Crippen LogP contribution in [0.3, 0.4) is 0 Å². The highest BCUT2D eigenvalue weighted by atomic mass is 32.2. The molecule has 1 unspecified atom stereocenters. The zero-order valence-electron chi connectivity index (χ0n) is 15.6. The summed E-state index contributed by atoms with van der Waals surface area (Å²) < 4.78 is 6.44. The van der Waals surface area contributed by atoms with E-state index in [-0.39, 0.29) is 29.9 Å². The minimum atomic E-state index is -0.457. The quantitative estimate of drug-likeness (QED) is 0.466. The van der Waals surface area contributed by atoms with Crippen LogP contribution in [0, 0.1) is 0 Å². The Morgan fingerprint density at radius 2 is 1.82 bits per heavy atom. The number of hydrogen-bond donors (Lipinski definition) is 1. The fourth-order valence-electron chi connectivity index (χ4n) is 2.78. The number of hydrogen-bond acceptors (Lipinski definition) is 5. The number of esters is 1. The van der Waals surface area contributed by atoms with Crippen molar-refractivity contribution in [3.05, 3.63) is 81.0 Å². The van der Waals surface area contributed by atoms with E-state index in [1.54, 1.807) is 24.3 Å². The van der Waals surface area contributed by atoms with Crippen molar-refractivity contribution in [1.29, 1.82) is 0 Å². The number of carbonyl (C=O) groups excluding carboxylic acids is 1. The molecule has 0 aliphatic rings. The van der Waals surface area contributed by atoms with Crippen molar-refractivity contribution in [2.75, 3.05) is 6.61 Å². The predicted octanol–water partition coefficient (Wildman–Crippen LogP) is 2.95. The molecule has 0 radical (unpaired) electrons. The van der Waals surface area contributed by atoms with Gasteiger partial charge in [0.15, 0.2) is 0 Å². The van der Waals surface area contributed by atoms with E-state index in [1.807, 2.05) is 37.3 Å². The summed E-state index contributed by atoms with van der Waals surface area (Å²) in [6, 6.07) is 16.8. The number of thioether (sulfide) groups is 1. The highest BCUT2D eigenvalue weighted by molar-refractivity contribution is 7.99. The Hall–Kier alpha value is -2.80.